The molecule has 0 heterocycles. The number of phenolic OH excluding ortho intramolecular Hbond substituents is 2. The SMILES string of the molecule is Cc1c(O)cc(Br)c(O)c1Br. The van der Waals surface area contributed by atoms with E-state index >= 15 is 0 Å². The second kappa shape index (κ2) is 3.03. The van der Waals surface area contributed by atoms with Crippen LogP contribution in [0.2, 0.25) is 0 Å². The standard InChI is InChI=1S/C7H6Br2O2/c1-3-5(10)2-4(8)7(11)6(3)9/h2,10-11H,1H3. The third kappa shape index (κ3) is 1.51. The van der Waals surface area contributed by atoms with Crippen LogP contribution in [-0.4, -0.2) is 10.2 Å². The predicted octanol–water partition coefficient (Wildman–Crippen LogP) is 2.93. The Morgan fingerprint density at radius 3 is 2.36 bits per heavy atom. The lowest BCUT2D eigenvalue weighted by molar-refractivity contribution is 0.451. The first-order chi connectivity index (χ1) is 5.04. The summed E-state index contributed by atoms with van der Waals surface area (Å²) in [4.78, 5) is 0. The Bertz CT molecular complexity index is 271. The second-order valence-corrected chi connectivity index (χ2v) is 3.81. The molecule has 1 aromatic rings. The van der Waals surface area contributed by atoms with Gasteiger partial charge in [-0.1, -0.05) is 0 Å². The van der Waals surface area contributed by atoms with Crippen LogP contribution in [0.5, 0.6) is 11.5 Å². The minimum absolute atomic E-state index is 0.111. The van der Waals surface area contributed by atoms with Crippen LogP contribution >= 0.6 is 31.9 Å². The fraction of sp³-hybridized carbons (Fsp3) is 0.143. The summed E-state index contributed by atoms with van der Waals surface area (Å²) >= 11 is 6.23. The predicted molar refractivity (Wildman–Crippen MR) is 49.9 cm³/mol. The van der Waals surface area contributed by atoms with E-state index in [1.807, 2.05) is 0 Å². The van der Waals surface area contributed by atoms with Crippen LogP contribution in [0.1, 0.15) is 5.56 Å². The van der Waals surface area contributed by atoms with Gasteiger partial charge in [0.15, 0.2) is 0 Å². The van der Waals surface area contributed by atoms with Gasteiger partial charge >= 0.3 is 0 Å². The van der Waals surface area contributed by atoms with Crippen molar-refractivity contribution in [3.05, 3.63) is 20.6 Å². The monoisotopic (exact) mass is 280 g/mol. The molecule has 2 nitrogen and oxygen atoms in total. The molecule has 0 spiro atoms. The van der Waals surface area contributed by atoms with E-state index in [4.69, 9.17) is 0 Å². The molecule has 1 aromatic carbocycles. The average molecular weight is 282 g/mol. The van der Waals surface area contributed by atoms with Gasteiger partial charge in [-0.05, 0) is 44.8 Å². The van der Waals surface area contributed by atoms with E-state index < -0.39 is 0 Å². The van der Waals surface area contributed by atoms with Gasteiger partial charge in [0.2, 0.25) is 0 Å². The van der Waals surface area contributed by atoms with Crippen LogP contribution in [0.4, 0.5) is 0 Å². The van der Waals surface area contributed by atoms with Crippen molar-refractivity contribution in [1.29, 1.82) is 0 Å². The van der Waals surface area contributed by atoms with E-state index in [1.165, 1.54) is 6.07 Å². The van der Waals surface area contributed by atoms with Crippen molar-refractivity contribution in [2.45, 2.75) is 6.92 Å². The summed E-state index contributed by atoms with van der Waals surface area (Å²) in [5.74, 6) is 0.266. The van der Waals surface area contributed by atoms with Crippen LogP contribution < -0.4 is 0 Å². The molecule has 1 rings (SSSR count). The molecule has 11 heavy (non-hydrogen) atoms. The molecule has 0 bridgehead atoms. The van der Waals surface area contributed by atoms with Crippen molar-refractivity contribution >= 4 is 31.9 Å². The zero-order valence-electron chi connectivity index (χ0n) is 5.73. The lowest BCUT2D eigenvalue weighted by Crippen LogP contribution is -1.79. The van der Waals surface area contributed by atoms with Crippen LogP contribution in [0, 0.1) is 6.92 Å². The lowest BCUT2D eigenvalue weighted by Gasteiger charge is -2.05. The average Bonchev–Trinajstić information content (AvgIpc) is 1.97. The maximum atomic E-state index is 9.31. The summed E-state index contributed by atoms with van der Waals surface area (Å²) in [6, 6.07) is 1.45. The molecule has 0 atom stereocenters. The number of hydrogen-bond donors (Lipinski definition) is 2. The summed E-state index contributed by atoms with van der Waals surface area (Å²) in [6.45, 7) is 1.71. The summed E-state index contributed by atoms with van der Waals surface area (Å²) in [6.07, 6.45) is 0. The number of benzene rings is 1. The highest BCUT2D eigenvalue weighted by Crippen LogP contribution is 2.39. The number of aromatic hydroxyl groups is 2. The highest BCUT2D eigenvalue weighted by Gasteiger charge is 2.09. The second-order valence-electron chi connectivity index (χ2n) is 2.17. The van der Waals surface area contributed by atoms with Gasteiger partial charge < -0.3 is 10.2 Å². The van der Waals surface area contributed by atoms with Crippen LogP contribution in [0.3, 0.4) is 0 Å². The van der Waals surface area contributed by atoms with E-state index in [2.05, 4.69) is 31.9 Å². The first-order valence-corrected chi connectivity index (χ1v) is 4.49. The normalized spacial score (nSPS) is 10.1. The summed E-state index contributed by atoms with van der Waals surface area (Å²) < 4.78 is 0.997. The Morgan fingerprint density at radius 1 is 1.27 bits per heavy atom. The van der Waals surface area contributed by atoms with E-state index in [-0.39, 0.29) is 11.5 Å². The van der Waals surface area contributed by atoms with Gasteiger partial charge in [-0.25, -0.2) is 0 Å². The first kappa shape index (κ1) is 8.87. The Kier molecular flexibility index (Phi) is 2.44. The Balaban J connectivity index is 3.46. The molecule has 60 valence electrons. The molecule has 0 unspecified atom stereocenters. The smallest absolute Gasteiger partial charge is 0.144 e. The molecule has 0 aliphatic rings. The van der Waals surface area contributed by atoms with Crippen LogP contribution in [0.25, 0.3) is 0 Å². The Labute approximate surface area is 81.1 Å². The molecule has 0 amide bonds. The molecule has 0 aliphatic carbocycles. The zero-order valence-corrected chi connectivity index (χ0v) is 8.90. The van der Waals surface area contributed by atoms with Crippen molar-refractivity contribution < 1.29 is 10.2 Å². The van der Waals surface area contributed by atoms with Gasteiger partial charge in [0.25, 0.3) is 0 Å². The van der Waals surface area contributed by atoms with Crippen LogP contribution in [0.15, 0.2) is 15.0 Å². The van der Waals surface area contributed by atoms with Gasteiger partial charge in [-0.2, -0.15) is 0 Å². The van der Waals surface area contributed by atoms with E-state index in [1.54, 1.807) is 6.92 Å². The topological polar surface area (TPSA) is 40.5 Å². The zero-order chi connectivity index (χ0) is 8.59. The fourth-order valence-electron chi connectivity index (χ4n) is 0.692. The van der Waals surface area contributed by atoms with Gasteiger partial charge in [-0.15, -0.1) is 0 Å². The van der Waals surface area contributed by atoms with Crippen molar-refractivity contribution in [2.24, 2.45) is 0 Å². The number of rotatable bonds is 0. The summed E-state index contributed by atoms with van der Waals surface area (Å²) in [7, 11) is 0. The maximum Gasteiger partial charge on any atom is 0.144 e. The molecule has 0 aromatic heterocycles. The molecule has 0 saturated heterocycles. The number of halogens is 2. The summed E-state index contributed by atoms with van der Waals surface area (Å²) in [5.41, 5.74) is 0.630. The molecule has 0 fully saturated rings. The van der Waals surface area contributed by atoms with E-state index in [9.17, 15) is 10.2 Å². The molecule has 2 N–H and O–H groups in total. The fourth-order valence-corrected chi connectivity index (χ4v) is 1.79. The Morgan fingerprint density at radius 2 is 1.82 bits per heavy atom. The summed E-state index contributed by atoms with van der Waals surface area (Å²) in [5, 5.41) is 18.5. The van der Waals surface area contributed by atoms with Gasteiger partial charge in [-0.3, -0.25) is 0 Å². The highest BCUT2D eigenvalue weighted by atomic mass is 79.9. The quantitative estimate of drug-likeness (QED) is 0.718. The molecular formula is C7H6Br2O2. The molecule has 4 heteroatoms. The minimum Gasteiger partial charge on any atom is -0.508 e. The Hall–Kier alpha value is -0.220. The maximum absolute atomic E-state index is 9.31. The molecular weight excluding hydrogens is 276 g/mol. The van der Waals surface area contributed by atoms with Gasteiger partial charge in [0.05, 0.1) is 8.95 Å². The van der Waals surface area contributed by atoms with E-state index in [0.717, 1.165) is 0 Å². The number of phenols is 2. The number of hydrogen-bond acceptors (Lipinski definition) is 2. The lowest BCUT2D eigenvalue weighted by atomic mass is 10.2. The largest absolute Gasteiger partial charge is 0.508 e. The molecule has 0 radical (unpaired) electrons. The van der Waals surface area contributed by atoms with Crippen LogP contribution in [-0.2, 0) is 0 Å². The third-order valence-electron chi connectivity index (χ3n) is 1.41. The molecule has 0 aliphatic heterocycles. The van der Waals surface area contributed by atoms with Gasteiger partial charge in [0, 0.05) is 5.56 Å². The van der Waals surface area contributed by atoms with E-state index in [0.29, 0.717) is 14.5 Å². The van der Waals surface area contributed by atoms with Crippen molar-refractivity contribution in [3.8, 4) is 11.5 Å². The highest BCUT2D eigenvalue weighted by molar-refractivity contribution is 9.11. The van der Waals surface area contributed by atoms with Gasteiger partial charge in [0.1, 0.15) is 11.5 Å². The van der Waals surface area contributed by atoms with Crippen molar-refractivity contribution in [2.75, 3.05) is 0 Å². The molecule has 0 saturated carbocycles. The van der Waals surface area contributed by atoms with Crippen molar-refractivity contribution in [1.82, 2.24) is 0 Å². The van der Waals surface area contributed by atoms with Crippen molar-refractivity contribution in [3.63, 3.8) is 0 Å². The first-order valence-electron chi connectivity index (χ1n) is 2.90. The minimum atomic E-state index is 0.111. The third-order valence-corrected chi connectivity index (χ3v) is 2.99.